The highest BCUT2D eigenvalue weighted by Crippen LogP contribution is 2.11. The highest BCUT2D eigenvalue weighted by molar-refractivity contribution is 14.0. The summed E-state index contributed by atoms with van der Waals surface area (Å²) in [7, 11) is 7.88. The van der Waals surface area contributed by atoms with Crippen molar-refractivity contribution in [2.75, 3.05) is 61.0 Å². The van der Waals surface area contributed by atoms with Gasteiger partial charge in [0.15, 0.2) is 5.96 Å². The Hall–Kier alpha value is -1.06. The number of guanidine groups is 1. The summed E-state index contributed by atoms with van der Waals surface area (Å²) in [6, 6.07) is 8.71. The molecule has 0 saturated carbocycles. The van der Waals surface area contributed by atoms with Gasteiger partial charge in [0.05, 0.1) is 7.11 Å². The van der Waals surface area contributed by atoms with E-state index in [2.05, 4.69) is 51.7 Å². The van der Waals surface area contributed by atoms with E-state index in [1.807, 2.05) is 19.2 Å². The molecule has 1 unspecified atom stereocenters. The number of hydrogen-bond donors (Lipinski definition) is 2. The Bertz CT molecular complexity index is 523. The standard InChI is InChI=1S/C18H31N5O.HI/c1-19-18(21-13-16-14-22(2)11-12-23(16)3)20-10-9-15-5-7-17(24-4)8-6-15;/h5-8,16H,9-14H2,1-4H3,(H2,19,20,21);1H. The van der Waals surface area contributed by atoms with E-state index in [1.165, 1.54) is 5.56 Å². The van der Waals surface area contributed by atoms with Gasteiger partial charge in [0.1, 0.15) is 5.75 Å². The molecule has 142 valence electrons. The molecule has 0 aromatic heterocycles. The Labute approximate surface area is 169 Å². The van der Waals surface area contributed by atoms with Crippen LogP contribution in [0.3, 0.4) is 0 Å². The second-order valence-corrected chi connectivity index (χ2v) is 6.37. The molecule has 2 N–H and O–H groups in total. The van der Waals surface area contributed by atoms with Gasteiger partial charge < -0.3 is 20.3 Å². The number of nitrogens with zero attached hydrogens (tertiary/aromatic N) is 3. The Morgan fingerprint density at radius 3 is 2.56 bits per heavy atom. The largest absolute Gasteiger partial charge is 0.497 e. The zero-order valence-corrected chi connectivity index (χ0v) is 18.1. The minimum absolute atomic E-state index is 0. The minimum Gasteiger partial charge on any atom is -0.497 e. The molecule has 0 bridgehead atoms. The molecule has 2 rings (SSSR count). The molecule has 1 aliphatic rings. The van der Waals surface area contributed by atoms with Crippen LogP contribution in [0.1, 0.15) is 5.56 Å². The van der Waals surface area contributed by atoms with Gasteiger partial charge in [-0.05, 0) is 38.2 Å². The summed E-state index contributed by atoms with van der Waals surface area (Å²) in [5, 5.41) is 6.83. The van der Waals surface area contributed by atoms with Crippen LogP contribution in [0.5, 0.6) is 5.75 Å². The van der Waals surface area contributed by atoms with Crippen molar-refractivity contribution in [3.63, 3.8) is 0 Å². The maximum atomic E-state index is 5.18. The van der Waals surface area contributed by atoms with E-state index in [1.54, 1.807) is 7.11 Å². The average molecular weight is 461 g/mol. The molecule has 25 heavy (non-hydrogen) atoms. The van der Waals surface area contributed by atoms with Gasteiger partial charge in [-0.1, -0.05) is 12.1 Å². The van der Waals surface area contributed by atoms with E-state index < -0.39 is 0 Å². The molecular weight excluding hydrogens is 429 g/mol. The maximum Gasteiger partial charge on any atom is 0.191 e. The Kier molecular flexibility index (Phi) is 10.1. The number of hydrogen-bond acceptors (Lipinski definition) is 4. The van der Waals surface area contributed by atoms with Crippen LogP contribution in [-0.4, -0.2) is 82.8 Å². The molecule has 1 fully saturated rings. The molecule has 0 radical (unpaired) electrons. The lowest BCUT2D eigenvalue weighted by atomic mass is 10.1. The number of likely N-dealkylation sites (N-methyl/N-ethyl adjacent to an activating group) is 2. The summed E-state index contributed by atoms with van der Waals surface area (Å²) >= 11 is 0. The van der Waals surface area contributed by atoms with Crippen LogP contribution < -0.4 is 15.4 Å². The van der Waals surface area contributed by atoms with Gasteiger partial charge in [0.25, 0.3) is 0 Å². The predicted molar refractivity (Wildman–Crippen MR) is 115 cm³/mol. The van der Waals surface area contributed by atoms with Crippen LogP contribution in [-0.2, 0) is 6.42 Å². The van der Waals surface area contributed by atoms with Crippen molar-refractivity contribution in [3.05, 3.63) is 29.8 Å². The SMILES string of the molecule is CN=C(NCCc1ccc(OC)cc1)NCC1CN(C)CCN1C.I. The molecule has 1 aromatic rings. The number of ether oxygens (including phenoxy) is 1. The lowest BCUT2D eigenvalue weighted by Crippen LogP contribution is -2.55. The third-order valence-corrected chi connectivity index (χ3v) is 4.57. The van der Waals surface area contributed by atoms with E-state index in [0.717, 1.165) is 50.9 Å². The first kappa shape index (κ1) is 22.0. The molecular formula is C18H32IN5O. The van der Waals surface area contributed by atoms with E-state index >= 15 is 0 Å². The van der Waals surface area contributed by atoms with Crippen LogP contribution in [0.4, 0.5) is 0 Å². The van der Waals surface area contributed by atoms with Gasteiger partial charge in [-0.2, -0.15) is 0 Å². The second kappa shape index (κ2) is 11.5. The smallest absolute Gasteiger partial charge is 0.191 e. The van der Waals surface area contributed by atoms with E-state index in [0.29, 0.717) is 6.04 Å². The first-order valence-electron chi connectivity index (χ1n) is 8.58. The van der Waals surface area contributed by atoms with Crippen molar-refractivity contribution in [1.82, 2.24) is 20.4 Å². The average Bonchev–Trinajstić information content (AvgIpc) is 2.61. The minimum atomic E-state index is 0. The summed E-state index contributed by atoms with van der Waals surface area (Å²) < 4.78 is 5.18. The van der Waals surface area contributed by atoms with Crippen molar-refractivity contribution in [2.45, 2.75) is 12.5 Å². The number of halogens is 1. The topological polar surface area (TPSA) is 52.1 Å². The summed E-state index contributed by atoms with van der Waals surface area (Å²) in [4.78, 5) is 9.11. The molecule has 0 spiro atoms. The second-order valence-electron chi connectivity index (χ2n) is 6.37. The van der Waals surface area contributed by atoms with Crippen molar-refractivity contribution in [1.29, 1.82) is 0 Å². The number of aliphatic imine (C=N–C) groups is 1. The highest BCUT2D eigenvalue weighted by Gasteiger charge is 2.21. The first-order chi connectivity index (χ1) is 11.6. The van der Waals surface area contributed by atoms with Gasteiger partial charge >= 0.3 is 0 Å². The zero-order valence-electron chi connectivity index (χ0n) is 15.8. The fraction of sp³-hybridized carbons (Fsp3) is 0.611. The molecule has 7 heteroatoms. The van der Waals surface area contributed by atoms with E-state index in [-0.39, 0.29) is 24.0 Å². The highest BCUT2D eigenvalue weighted by atomic mass is 127. The van der Waals surface area contributed by atoms with Crippen molar-refractivity contribution >= 4 is 29.9 Å². The Morgan fingerprint density at radius 1 is 1.20 bits per heavy atom. The Morgan fingerprint density at radius 2 is 1.92 bits per heavy atom. The molecule has 1 aromatic carbocycles. The predicted octanol–water partition coefficient (Wildman–Crippen LogP) is 1.27. The van der Waals surface area contributed by atoms with E-state index in [9.17, 15) is 0 Å². The zero-order chi connectivity index (χ0) is 17.4. The van der Waals surface area contributed by atoms with Crippen LogP contribution >= 0.6 is 24.0 Å². The maximum absolute atomic E-state index is 5.18. The number of rotatable bonds is 6. The fourth-order valence-electron chi connectivity index (χ4n) is 2.87. The molecule has 1 aliphatic heterocycles. The van der Waals surface area contributed by atoms with Crippen molar-refractivity contribution in [2.24, 2.45) is 4.99 Å². The Balaban J connectivity index is 0.00000312. The molecule has 1 saturated heterocycles. The molecule has 1 atom stereocenters. The molecule has 6 nitrogen and oxygen atoms in total. The van der Waals surface area contributed by atoms with Crippen LogP contribution in [0, 0.1) is 0 Å². The van der Waals surface area contributed by atoms with Crippen LogP contribution in [0.15, 0.2) is 29.3 Å². The molecule has 1 heterocycles. The number of piperazine rings is 1. The van der Waals surface area contributed by atoms with E-state index in [4.69, 9.17) is 4.74 Å². The van der Waals surface area contributed by atoms with Gasteiger partial charge in [-0.25, -0.2) is 0 Å². The normalized spacial score (nSPS) is 19.2. The summed E-state index contributed by atoms with van der Waals surface area (Å²) in [6.45, 7) is 5.11. The summed E-state index contributed by atoms with van der Waals surface area (Å²) in [5.41, 5.74) is 1.28. The fourth-order valence-corrected chi connectivity index (χ4v) is 2.87. The lowest BCUT2D eigenvalue weighted by Gasteiger charge is -2.37. The first-order valence-corrected chi connectivity index (χ1v) is 8.58. The van der Waals surface area contributed by atoms with Gasteiger partial charge in [0, 0.05) is 45.8 Å². The molecule has 0 amide bonds. The summed E-state index contributed by atoms with van der Waals surface area (Å²) in [6.07, 6.45) is 0.955. The number of benzene rings is 1. The van der Waals surface area contributed by atoms with Gasteiger partial charge in [-0.3, -0.25) is 9.89 Å². The van der Waals surface area contributed by atoms with Crippen LogP contribution in [0.2, 0.25) is 0 Å². The number of methoxy groups -OCH3 is 1. The monoisotopic (exact) mass is 461 g/mol. The van der Waals surface area contributed by atoms with Gasteiger partial charge in [-0.15, -0.1) is 24.0 Å². The number of nitrogens with one attached hydrogen (secondary N) is 2. The van der Waals surface area contributed by atoms with Gasteiger partial charge in [0.2, 0.25) is 0 Å². The quantitative estimate of drug-likeness (QED) is 0.380. The molecule has 0 aliphatic carbocycles. The third-order valence-electron chi connectivity index (χ3n) is 4.57. The van der Waals surface area contributed by atoms with Crippen molar-refractivity contribution in [3.8, 4) is 5.75 Å². The summed E-state index contributed by atoms with van der Waals surface area (Å²) in [5.74, 6) is 1.76. The van der Waals surface area contributed by atoms with Crippen LogP contribution in [0.25, 0.3) is 0 Å². The lowest BCUT2D eigenvalue weighted by molar-refractivity contribution is 0.116. The third kappa shape index (κ3) is 7.37. The van der Waals surface area contributed by atoms with Crippen molar-refractivity contribution < 1.29 is 4.74 Å².